The Hall–Kier alpha value is -3.55. The molecule has 0 spiro atoms. The molecule has 0 atom stereocenters. The Labute approximate surface area is 153 Å². The van der Waals surface area contributed by atoms with E-state index in [-0.39, 0.29) is 36.0 Å². The van der Waals surface area contributed by atoms with E-state index in [9.17, 15) is 14.0 Å². The van der Waals surface area contributed by atoms with Gasteiger partial charge in [0, 0.05) is 6.54 Å². The first-order valence-corrected chi connectivity index (χ1v) is 8.39. The summed E-state index contributed by atoms with van der Waals surface area (Å²) in [6.45, 7) is 1.87. The van der Waals surface area contributed by atoms with Crippen molar-refractivity contribution in [3.63, 3.8) is 0 Å². The van der Waals surface area contributed by atoms with Gasteiger partial charge in [0.25, 0.3) is 5.56 Å². The third-order valence-corrected chi connectivity index (χ3v) is 4.38. The zero-order chi connectivity index (χ0) is 19.0. The molecule has 0 aliphatic heterocycles. The molecule has 1 amide bonds. The van der Waals surface area contributed by atoms with Gasteiger partial charge >= 0.3 is 0 Å². The Morgan fingerprint density at radius 1 is 1.07 bits per heavy atom. The lowest BCUT2D eigenvalue weighted by atomic mass is 10.2. The molecule has 2 aromatic carbocycles. The highest BCUT2D eigenvalue weighted by molar-refractivity contribution is 5.82. The molecule has 0 aliphatic rings. The summed E-state index contributed by atoms with van der Waals surface area (Å²) in [6, 6.07) is 13.2. The van der Waals surface area contributed by atoms with Crippen LogP contribution in [0.3, 0.4) is 0 Å². The number of aryl methyl sites for hydroxylation is 1. The van der Waals surface area contributed by atoms with Gasteiger partial charge in [0.05, 0.1) is 11.0 Å². The highest BCUT2D eigenvalue weighted by atomic mass is 19.1. The molecule has 136 valence electrons. The van der Waals surface area contributed by atoms with Gasteiger partial charge in [0.1, 0.15) is 18.2 Å². The van der Waals surface area contributed by atoms with E-state index >= 15 is 0 Å². The fraction of sp³-hybridized carbons (Fsp3) is 0.158. The van der Waals surface area contributed by atoms with Gasteiger partial charge < -0.3 is 5.32 Å². The quantitative estimate of drug-likeness (QED) is 0.598. The smallest absolute Gasteiger partial charge is 0.297 e. The number of para-hydroxylation sites is 2. The summed E-state index contributed by atoms with van der Waals surface area (Å²) in [5, 5.41) is 10.7. The number of rotatable bonds is 4. The molecule has 4 aromatic rings. The second-order valence-corrected chi connectivity index (χ2v) is 6.19. The SMILES string of the molecule is Cc1nnc2c(=O)n(CC(=O)NCc3ccc(F)cc3)c3ccccc3n12. The molecular weight excluding hydrogens is 349 g/mol. The van der Waals surface area contributed by atoms with Crippen molar-refractivity contribution in [3.05, 3.63) is 76.1 Å². The van der Waals surface area contributed by atoms with Crippen LogP contribution >= 0.6 is 0 Å². The van der Waals surface area contributed by atoms with Crippen LogP contribution in [0, 0.1) is 12.7 Å². The first-order chi connectivity index (χ1) is 13.0. The number of nitrogens with one attached hydrogen (secondary N) is 1. The van der Waals surface area contributed by atoms with Crippen molar-refractivity contribution in [2.45, 2.75) is 20.0 Å². The van der Waals surface area contributed by atoms with Gasteiger partial charge in [0.15, 0.2) is 0 Å². The molecule has 0 unspecified atom stereocenters. The van der Waals surface area contributed by atoms with Crippen molar-refractivity contribution in [2.75, 3.05) is 0 Å². The van der Waals surface area contributed by atoms with Gasteiger partial charge in [-0.1, -0.05) is 24.3 Å². The lowest BCUT2D eigenvalue weighted by molar-refractivity contribution is -0.121. The maximum Gasteiger partial charge on any atom is 0.297 e. The molecule has 4 rings (SSSR count). The van der Waals surface area contributed by atoms with E-state index < -0.39 is 0 Å². The molecule has 27 heavy (non-hydrogen) atoms. The zero-order valence-corrected chi connectivity index (χ0v) is 14.5. The van der Waals surface area contributed by atoms with Gasteiger partial charge in [-0.3, -0.25) is 18.6 Å². The van der Waals surface area contributed by atoms with Crippen LogP contribution in [0.2, 0.25) is 0 Å². The van der Waals surface area contributed by atoms with E-state index in [2.05, 4.69) is 15.5 Å². The standard InChI is InChI=1S/C19H16FN5O2/c1-12-22-23-18-19(27)24(15-4-2-3-5-16(15)25(12)18)11-17(26)21-10-13-6-8-14(20)9-7-13/h2-9H,10-11H2,1H3,(H,21,26). The van der Waals surface area contributed by atoms with E-state index in [0.29, 0.717) is 11.3 Å². The third-order valence-electron chi connectivity index (χ3n) is 4.38. The number of benzene rings is 2. The Morgan fingerprint density at radius 2 is 1.78 bits per heavy atom. The number of halogens is 1. The van der Waals surface area contributed by atoms with E-state index in [1.165, 1.54) is 16.7 Å². The summed E-state index contributed by atoms with van der Waals surface area (Å²) in [5.74, 6) is -0.0571. The Balaban J connectivity index is 1.66. The number of hydrogen-bond donors (Lipinski definition) is 1. The van der Waals surface area contributed by atoms with Crippen molar-refractivity contribution in [2.24, 2.45) is 0 Å². The second-order valence-electron chi connectivity index (χ2n) is 6.19. The average molecular weight is 365 g/mol. The molecule has 1 N–H and O–H groups in total. The number of amides is 1. The van der Waals surface area contributed by atoms with Crippen molar-refractivity contribution in [1.29, 1.82) is 0 Å². The van der Waals surface area contributed by atoms with Crippen molar-refractivity contribution >= 4 is 22.6 Å². The van der Waals surface area contributed by atoms with Crippen LogP contribution in [0.15, 0.2) is 53.3 Å². The summed E-state index contributed by atoms with van der Waals surface area (Å²) in [4.78, 5) is 25.2. The van der Waals surface area contributed by atoms with E-state index in [1.807, 2.05) is 12.1 Å². The molecule has 0 saturated carbocycles. The van der Waals surface area contributed by atoms with E-state index in [1.54, 1.807) is 35.6 Å². The Kier molecular flexibility index (Phi) is 4.15. The largest absolute Gasteiger partial charge is 0.350 e. The summed E-state index contributed by atoms with van der Waals surface area (Å²) >= 11 is 0. The van der Waals surface area contributed by atoms with Crippen molar-refractivity contribution in [3.8, 4) is 0 Å². The monoisotopic (exact) mass is 365 g/mol. The van der Waals surface area contributed by atoms with Gasteiger partial charge in [-0.05, 0) is 36.8 Å². The van der Waals surface area contributed by atoms with Crippen LogP contribution in [0.4, 0.5) is 4.39 Å². The first-order valence-electron chi connectivity index (χ1n) is 8.39. The molecule has 0 bridgehead atoms. The van der Waals surface area contributed by atoms with Gasteiger partial charge in [-0.15, -0.1) is 10.2 Å². The number of hydrogen-bond acceptors (Lipinski definition) is 4. The fourth-order valence-electron chi connectivity index (χ4n) is 3.06. The zero-order valence-electron chi connectivity index (χ0n) is 14.5. The predicted octanol–water partition coefficient (Wildman–Crippen LogP) is 1.81. The molecule has 0 aliphatic carbocycles. The van der Waals surface area contributed by atoms with Crippen molar-refractivity contribution < 1.29 is 9.18 Å². The topological polar surface area (TPSA) is 81.3 Å². The number of aromatic nitrogens is 4. The molecule has 2 aromatic heterocycles. The molecule has 7 nitrogen and oxygen atoms in total. The lowest BCUT2D eigenvalue weighted by Gasteiger charge is -2.12. The summed E-state index contributed by atoms with van der Waals surface area (Å²) < 4.78 is 16.0. The number of nitrogens with zero attached hydrogens (tertiary/aromatic N) is 4. The Bertz CT molecular complexity index is 1210. The van der Waals surface area contributed by atoms with Gasteiger partial charge in [-0.25, -0.2) is 4.39 Å². The lowest BCUT2D eigenvalue weighted by Crippen LogP contribution is -2.33. The van der Waals surface area contributed by atoms with Crippen LogP contribution < -0.4 is 10.9 Å². The molecule has 0 fully saturated rings. The minimum atomic E-state index is -0.383. The summed E-state index contributed by atoms with van der Waals surface area (Å²) in [6.07, 6.45) is 0. The van der Waals surface area contributed by atoms with Crippen molar-refractivity contribution in [1.82, 2.24) is 24.5 Å². The number of fused-ring (bicyclic) bond motifs is 3. The maximum absolute atomic E-state index is 13.0. The molecule has 0 saturated heterocycles. The minimum absolute atomic E-state index is 0.150. The van der Waals surface area contributed by atoms with Crippen LogP contribution in [0.5, 0.6) is 0 Å². The minimum Gasteiger partial charge on any atom is -0.350 e. The third kappa shape index (κ3) is 3.05. The fourth-order valence-corrected chi connectivity index (χ4v) is 3.06. The molecule has 8 heteroatoms. The van der Waals surface area contributed by atoms with Crippen LogP contribution in [-0.4, -0.2) is 25.1 Å². The van der Waals surface area contributed by atoms with E-state index in [4.69, 9.17) is 0 Å². The predicted molar refractivity (Wildman–Crippen MR) is 97.7 cm³/mol. The van der Waals surface area contributed by atoms with Gasteiger partial charge in [0.2, 0.25) is 11.6 Å². The van der Waals surface area contributed by atoms with Crippen LogP contribution in [0.25, 0.3) is 16.7 Å². The molecule has 0 radical (unpaired) electrons. The number of carbonyl (C=O) groups excluding carboxylic acids is 1. The van der Waals surface area contributed by atoms with Crippen LogP contribution in [0.1, 0.15) is 11.4 Å². The highest BCUT2D eigenvalue weighted by Gasteiger charge is 2.16. The van der Waals surface area contributed by atoms with E-state index in [0.717, 1.165) is 11.1 Å². The highest BCUT2D eigenvalue weighted by Crippen LogP contribution is 2.15. The summed E-state index contributed by atoms with van der Waals surface area (Å²) in [5.41, 5.74) is 1.94. The number of carbonyl (C=O) groups is 1. The van der Waals surface area contributed by atoms with Gasteiger partial charge in [-0.2, -0.15) is 0 Å². The normalized spacial score (nSPS) is 11.2. The first kappa shape index (κ1) is 16.9. The Morgan fingerprint density at radius 3 is 2.52 bits per heavy atom. The summed E-state index contributed by atoms with van der Waals surface area (Å²) in [7, 11) is 0. The molecular formula is C19H16FN5O2. The maximum atomic E-state index is 13.0. The van der Waals surface area contributed by atoms with Crippen LogP contribution in [-0.2, 0) is 17.9 Å². The molecule has 2 heterocycles. The average Bonchev–Trinajstić information content (AvgIpc) is 3.07. The second kappa shape index (κ2) is 6.64.